The Bertz CT molecular complexity index is 692. The monoisotopic (exact) mass is 344 g/mol. The average Bonchev–Trinajstić information content (AvgIpc) is 2.61. The molecule has 6 heteroatoms. The summed E-state index contributed by atoms with van der Waals surface area (Å²) < 4.78 is 5.20. The first-order chi connectivity index (χ1) is 11.6. The Morgan fingerprint density at radius 1 is 1.04 bits per heavy atom. The summed E-state index contributed by atoms with van der Waals surface area (Å²) in [6.07, 6.45) is 0. The Balaban J connectivity index is 1.82. The van der Waals surface area contributed by atoms with Gasteiger partial charge in [-0.2, -0.15) is 0 Å². The molecule has 0 aliphatic carbocycles. The molecule has 0 aliphatic heterocycles. The Morgan fingerprint density at radius 3 is 2.42 bits per heavy atom. The van der Waals surface area contributed by atoms with E-state index in [2.05, 4.69) is 10.6 Å². The van der Waals surface area contributed by atoms with Gasteiger partial charge in [0.15, 0.2) is 0 Å². The number of benzene rings is 2. The molecule has 0 bridgehead atoms. The maximum atomic E-state index is 12.2. The van der Waals surface area contributed by atoms with Gasteiger partial charge in [0.05, 0.1) is 23.8 Å². The first-order valence-corrected chi connectivity index (χ1v) is 8.55. The molecule has 2 aromatic carbocycles. The lowest BCUT2D eigenvalue weighted by Crippen LogP contribution is -2.25. The van der Waals surface area contributed by atoms with Gasteiger partial charge in [-0.25, -0.2) is 0 Å². The molecule has 1 atom stereocenters. The number of rotatable bonds is 7. The van der Waals surface area contributed by atoms with E-state index in [1.807, 2.05) is 42.5 Å². The van der Waals surface area contributed by atoms with Gasteiger partial charge in [0.1, 0.15) is 5.75 Å². The van der Waals surface area contributed by atoms with Crippen molar-refractivity contribution in [3.63, 3.8) is 0 Å². The molecular weight excluding hydrogens is 324 g/mol. The number of para-hydroxylation sites is 3. The van der Waals surface area contributed by atoms with Crippen molar-refractivity contribution < 1.29 is 14.3 Å². The normalized spacial score (nSPS) is 11.4. The van der Waals surface area contributed by atoms with Crippen molar-refractivity contribution in [2.45, 2.75) is 12.2 Å². The fourth-order valence-corrected chi connectivity index (χ4v) is 2.66. The molecule has 0 heterocycles. The number of amides is 2. The molecule has 0 saturated heterocycles. The van der Waals surface area contributed by atoms with E-state index < -0.39 is 0 Å². The maximum Gasteiger partial charge on any atom is 0.237 e. The highest BCUT2D eigenvalue weighted by Gasteiger charge is 2.16. The van der Waals surface area contributed by atoms with Crippen LogP contribution >= 0.6 is 11.8 Å². The van der Waals surface area contributed by atoms with Crippen LogP contribution < -0.4 is 15.4 Å². The zero-order valence-corrected chi connectivity index (χ0v) is 14.4. The molecule has 2 rings (SSSR count). The third kappa shape index (κ3) is 5.31. The highest BCUT2D eigenvalue weighted by Crippen LogP contribution is 2.24. The van der Waals surface area contributed by atoms with Gasteiger partial charge in [0, 0.05) is 5.69 Å². The summed E-state index contributed by atoms with van der Waals surface area (Å²) in [6.45, 7) is 1.77. The van der Waals surface area contributed by atoms with E-state index in [-0.39, 0.29) is 22.8 Å². The first kappa shape index (κ1) is 17.9. The van der Waals surface area contributed by atoms with E-state index in [1.165, 1.54) is 11.8 Å². The summed E-state index contributed by atoms with van der Waals surface area (Å²) in [5, 5.41) is 5.25. The minimum absolute atomic E-state index is 0.136. The number of hydrogen-bond acceptors (Lipinski definition) is 4. The Morgan fingerprint density at radius 2 is 1.71 bits per heavy atom. The third-order valence-corrected chi connectivity index (χ3v) is 4.40. The Kier molecular flexibility index (Phi) is 6.69. The van der Waals surface area contributed by atoms with Crippen LogP contribution in [0.2, 0.25) is 0 Å². The molecule has 0 spiro atoms. The highest BCUT2D eigenvalue weighted by atomic mass is 32.2. The van der Waals surface area contributed by atoms with Gasteiger partial charge in [-0.15, -0.1) is 11.8 Å². The van der Waals surface area contributed by atoms with Crippen molar-refractivity contribution in [3.05, 3.63) is 54.6 Å². The summed E-state index contributed by atoms with van der Waals surface area (Å²) in [7, 11) is 1.55. The Hall–Kier alpha value is -2.47. The minimum atomic E-state index is -0.364. The standard InChI is InChI=1S/C18H20N2O3S/c1-13(18(22)20-15-10-6-7-11-16(15)23-2)24-12-17(21)19-14-8-4-3-5-9-14/h3-11,13H,12H2,1-2H3,(H,19,21)(H,20,22)/t13-/m1/s1. The average molecular weight is 344 g/mol. The lowest BCUT2D eigenvalue weighted by molar-refractivity contribution is -0.115. The number of methoxy groups -OCH3 is 1. The molecule has 0 aliphatic rings. The van der Waals surface area contributed by atoms with E-state index in [1.54, 1.807) is 26.2 Å². The predicted octanol–water partition coefficient (Wildman–Crippen LogP) is 3.39. The first-order valence-electron chi connectivity index (χ1n) is 7.50. The van der Waals surface area contributed by atoms with E-state index in [0.29, 0.717) is 11.4 Å². The molecule has 2 aromatic rings. The summed E-state index contributed by atoms with van der Waals surface area (Å²) in [5.41, 5.74) is 1.36. The highest BCUT2D eigenvalue weighted by molar-refractivity contribution is 8.01. The maximum absolute atomic E-state index is 12.2. The van der Waals surface area contributed by atoms with Crippen LogP contribution in [-0.4, -0.2) is 29.9 Å². The molecule has 2 amide bonds. The lowest BCUT2D eigenvalue weighted by Gasteiger charge is -2.14. The van der Waals surface area contributed by atoms with Gasteiger partial charge in [-0.05, 0) is 31.2 Å². The van der Waals surface area contributed by atoms with Gasteiger partial charge < -0.3 is 15.4 Å². The fourth-order valence-electron chi connectivity index (χ4n) is 1.98. The second kappa shape index (κ2) is 8.98. The second-order valence-corrected chi connectivity index (χ2v) is 6.39. The topological polar surface area (TPSA) is 67.4 Å². The van der Waals surface area contributed by atoms with Gasteiger partial charge in [-0.1, -0.05) is 30.3 Å². The van der Waals surface area contributed by atoms with Crippen LogP contribution in [0.1, 0.15) is 6.92 Å². The lowest BCUT2D eigenvalue weighted by atomic mass is 10.3. The molecule has 5 nitrogen and oxygen atoms in total. The molecule has 0 fully saturated rings. The fraction of sp³-hybridized carbons (Fsp3) is 0.222. The summed E-state index contributed by atoms with van der Waals surface area (Å²) in [4.78, 5) is 24.1. The number of carbonyl (C=O) groups excluding carboxylic acids is 2. The van der Waals surface area contributed by atoms with Crippen LogP contribution in [0.3, 0.4) is 0 Å². The van der Waals surface area contributed by atoms with Crippen LogP contribution in [0.5, 0.6) is 5.75 Å². The quantitative estimate of drug-likeness (QED) is 0.808. The van der Waals surface area contributed by atoms with Crippen LogP contribution in [0.4, 0.5) is 11.4 Å². The smallest absolute Gasteiger partial charge is 0.237 e. The summed E-state index contributed by atoms with van der Waals surface area (Å²) in [6, 6.07) is 16.4. The van der Waals surface area contributed by atoms with Crippen molar-refractivity contribution in [1.82, 2.24) is 0 Å². The van der Waals surface area contributed by atoms with E-state index in [4.69, 9.17) is 4.74 Å². The molecule has 2 N–H and O–H groups in total. The number of hydrogen-bond donors (Lipinski definition) is 2. The molecule has 126 valence electrons. The summed E-state index contributed by atoms with van der Waals surface area (Å²) >= 11 is 1.28. The van der Waals surface area contributed by atoms with Crippen molar-refractivity contribution in [2.24, 2.45) is 0 Å². The van der Waals surface area contributed by atoms with Gasteiger partial charge in [0.25, 0.3) is 0 Å². The molecule has 0 radical (unpaired) electrons. The van der Waals surface area contributed by atoms with Crippen LogP contribution in [0.15, 0.2) is 54.6 Å². The number of nitrogens with one attached hydrogen (secondary N) is 2. The van der Waals surface area contributed by atoms with E-state index in [9.17, 15) is 9.59 Å². The summed E-state index contributed by atoms with van der Waals surface area (Å²) in [5.74, 6) is 0.500. The van der Waals surface area contributed by atoms with Crippen LogP contribution in [-0.2, 0) is 9.59 Å². The molecule has 0 saturated carbocycles. The van der Waals surface area contributed by atoms with E-state index >= 15 is 0 Å². The largest absolute Gasteiger partial charge is 0.495 e. The number of thioether (sulfide) groups is 1. The molecule has 0 unspecified atom stereocenters. The zero-order chi connectivity index (χ0) is 17.4. The molecule has 0 aromatic heterocycles. The zero-order valence-electron chi connectivity index (χ0n) is 13.6. The van der Waals surface area contributed by atoms with Crippen LogP contribution in [0, 0.1) is 0 Å². The number of ether oxygens (including phenoxy) is 1. The minimum Gasteiger partial charge on any atom is -0.495 e. The van der Waals surface area contributed by atoms with Crippen molar-refractivity contribution in [2.75, 3.05) is 23.5 Å². The molecule has 24 heavy (non-hydrogen) atoms. The number of anilines is 2. The Labute approximate surface area is 145 Å². The van der Waals surface area contributed by atoms with Crippen molar-refractivity contribution in [1.29, 1.82) is 0 Å². The van der Waals surface area contributed by atoms with E-state index in [0.717, 1.165) is 5.69 Å². The second-order valence-electron chi connectivity index (χ2n) is 5.06. The van der Waals surface area contributed by atoms with Crippen molar-refractivity contribution >= 4 is 35.0 Å². The third-order valence-electron chi connectivity index (χ3n) is 3.26. The van der Waals surface area contributed by atoms with Gasteiger partial charge in [-0.3, -0.25) is 9.59 Å². The SMILES string of the molecule is COc1ccccc1NC(=O)[C@@H](C)SCC(=O)Nc1ccccc1. The van der Waals surface area contributed by atoms with Gasteiger partial charge >= 0.3 is 0 Å². The molecular formula is C18H20N2O3S. The predicted molar refractivity (Wildman–Crippen MR) is 98.6 cm³/mol. The van der Waals surface area contributed by atoms with Gasteiger partial charge in [0.2, 0.25) is 11.8 Å². The van der Waals surface area contributed by atoms with Crippen LogP contribution in [0.25, 0.3) is 0 Å². The number of carbonyl (C=O) groups is 2. The van der Waals surface area contributed by atoms with Crippen molar-refractivity contribution in [3.8, 4) is 5.75 Å².